The van der Waals surface area contributed by atoms with Gasteiger partial charge in [0.15, 0.2) is 5.76 Å². The second kappa shape index (κ2) is 5.73. The van der Waals surface area contributed by atoms with Gasteiger partial charge in [0.2, 0.25) is 0 Å². The third kappa shape index (κ3) is 2.47. The fourth-order valence-electron chi connectivity index (χ4n) is 2.95. The Kier molecular flexibility index (Phi) is 3.79. The highest BCUT2D eigenvalue weighted by atomic mass is 16.5. The molecule has 6 heteroatoms. The van der Waals surface area contributed by atoms with Crippen molar-refractivity contribution in [3.8, 4) is 0 Å². The Bertz CT molecular complexity index is 618. The van der Waals surface area contributed by atoms with Gasteiger partial charge in [-0.25, -0.2) is 0 Å². The summed E-state index contributed by atoms with van der Waals surface area (Å²) in [6.45, 7) is 4.64. The van der Waals surface area contributed by atoms with Crippen LogP contribution in [0.5, 0.6) is 0 Å². The zero-order valence-electron chi connectivity index (χ0n) is 12.3. The lowest BCUT2D eigenvalue weighted by Gasteiger charge is -2.32. The quantitative estimate of drug-likeness (QED) is 0.862. The second-order valence-electron chi connectivity index (χ2n) is 5.19. The van der Waals surface area contributed by atoms with E-state index in [1.54, 1.807) is 24.1 Å². The van der Waals surface area contributed by atoms with Crippen molar-refractivity contribution in [2.75, 3.05) is 20.3 Å². The first-order chi connectivity index (χ1) is 10.2. The molecule has 0 unspecified atom stereocenters. The molecule has 112 valence electrons. The highest BCUT2D eigenvalue weighted by Crippen LogP contribution is 2.29. The Labute approximate surface area is 123 Å². The largest absolute Gasteiger partial charge is 0.459 e. The number of methoxy groups -OCH3 is 1. The molecule has 0 aromatic carbocycles. The summed E-state index contributed by atoms with van der Waals surface area (Å²) in [7, 11) is 1.68. The van der Waals surface area contributed by atoms with E-state index >= 15 is 0 Å². The fraction of sp³-hybridized carbons (Fsp3) is 0.467. The molecule has 0 N–H and O–H groups in total. The average molecular weight is 289 g/mol. The number of furan rings is 1. The van der Waals surface area contributed by atoms with Crippen molar-refractivity contribution in [3.63, 3.8) is 0 Å². The number of fused-ring (bicyclic) bond motifs is 1. The van der Waals surface area contributed by atoms with E-state index in [0.29, 0.717) is 25.5 Å². The Balaban J connectivity index is 1.89. The Morgan fingerprint density at radius 3 is 3.10 bits per heavy atom. The number of aryl methyl sites for hydroxylation is 1. The molecule has 0 fully saturated rings. The van der Waals surface area contributed by atoms with E-state index in [1.807, 2.05) is 10.9 Å². The molecule has 21 heavy (non-hydrogen) atoms. The monoisotopic (exact) mass is 289 g/mol. The van der Waals surface area contributed by atoms with E-state index in [2.05, 4.69) is 12.0 Å². The molecule has 2 aromatic heterocycles. The topological polar surface area (TPSA) is 60.5 Å². The standard InChI is InChI=1S/C15H19N3O3/c1-3-18-14-11(7-16-18)8-17(9-12(14)10-20-2)15(19)13-5-4-6-21-13/h4-7,12H,3,8-10H2,1-2H3/t12-/m0/s1. The van der Waals surface area contributed by atoms with Crippen LogP contribution in [-0.2, 0) is 17.8 Å². The fourth-order valence-corrected chi connectivity index (χ4v) is 2.95. The van der Waals surface area contributed by atoms with Crippen molar-refractivity contribution < 1.29 is 13.9 Å². The molecule has 0 spiro atoms. The molecule has 0 saturated heterocycles. The van der Waals surface area contributed by atoms with Crippen molar-refractivity contribution >= 4 is 5.91 Å². The SMILES string of the molecule is CCn1ncc2c1[C@H](COC)CN(C(=O)c1ccco1)C2. The first-order valence-corrected chi connectivity index (χ1v) is 7.10. The molecular formula is C15H19N3O3. The molecule has 0 bridgehead atoms. The van der Waals surface area contributed by atoms with E-state index in [0.717, 1.165) is 12.1 Å². The lowest BCUT2D eigenvalue weighted by atomic mass is 9.96. The van der Waals surface area contributed by atoms with Gasteiger partial charge in [0, 0.05) is 38.2 Å². The van der Waals surface area contributed by atoms with Gasteiger partial charge in [0.1, 0.15) is 0 Å². The van der Waals surface area contributed by atoms with Crippen LogP contribution in [0.15, 0.2) is 29.0 Å². The first-order valence-electron chi connectivity index (χ1n) is 7.10. The smallest absolute Gasteiger partial charge is 0.289 e. The van der Waals surface area contributed by atoms with E-state index in [1.165, 1.54) is 12.0 Å². The molecule has 2 aromatic rings. The first kappa shape index (κ1) is 13.9. The van der Waals surface area contributed by atoms with Crippen LogP contribution in [0.2, 0.25) is 0 Å². The van der Waals surface area contributed by atoms with Gasteiger partial charge in [-0.2, -0.15) is 5.10 Å². The maximum Gasteiger partial charge on any atom is 0.289 e. The third-order valence-electron chi connectivity index (χ3n) is 3.84. The minimum absolute atomic E-state index is 0.0870. The van der Waals surface area contributed by atoms with Crippen molar-refractivity contribution in [1.29, 1.82) is 0 Å². The van der Waals surface area contributed by atoms with Crippen LogP contribution in [0.3, 0.4) is 0 Å². The van der Waals surface area contributed by atoms with Gasteiger partial charge in [0.05, 0.1) is 24.8 Å². The number of ether oxygens (including phenoxy) is 1. The van der Waals surface area contributed by atoms with Gasteiger partial charge in [0.25, 0.3) is 5.91 Å². The molecule has 1 atom stereocenters. The molecule has 1 amide bonds. The predicted octanol–water partition coefficient (Wildman–Crippen LogP) is 1.88. The maximum atomic E-state index is 12.5. The Hall–Kier alpha value is -2.08. The lowest BCUT2D eigenvalue weighted by molar-refractivity contribution is 0.0644. The number of carbonyl (C=O) groups excluding carboxylic acids is 1. The van der Waals surface area contributed by atoms with Gasteiger partial charge in [-0.3, -0.25) is 9.48 Å². The number of amides is 1. The maximum absolute atomic E-state index is 12.5. The normalized spacial score (nSPS) is 17.8. The van der Waals surface area contributed by atoms with Gasteiger partial charge in [-0.15, -0.1) is 0 Å². The van der Waals surface area contributed by atoms with E-state index in [9.17, 15) is 4.79 Å². The van der Waals surface area contributed by atoms with Crippen LogP contribution in [0.4, 0.5) is 0 Å². The molecule has 3 rings (SSSR count). The lowest BCUT2D eigenvalue weighted by Crippen LogP contribution is -2.39. The molecule has 6 nitrogen and oxygen atoms in total. The van der Waals surface area contributed by atoms with Gasteiger partial charge >= 0.3 is 0 Å². The molecule has 0 radical (unpaired) electrons. The van der Waals surface area contributed by atoms with Crippen molar-refractivity contribution in [2.45, 2.75) is 25.9 Å². The highest BCUT2D eigenvalue weighted by Gasteiger charge is 2.32. The third-order valence-corrected chi connectivity index (χ3v) is 3.84. The number of hydrogen-bond donors (Lipinski definition) is 0. The van der Waals surface area contributed by atoms with Crippen molar-refractivity contribution in [1.82, 2.24) is 14.7 Å². The molecule has 3 heterocycles. The Morgan fingerprint density at radius 1 is 1.57 bits per heavy atom. The molecule has 1 aliphatic rings. The summed E-state index contributed by atoms with van der Waals surface area (Å²) >= 11 is 0. The van der Waals surface area contributed by atoms with Crippen LogP contribution < -0.4 is 0 Å². The zero-order valence-corrected chi connectivity index (χ0v) is 12.3. The summed E-state index contributed by atoms with van der Waals surface area (Å²) in [6, 6.07) is 3.42. The van der Waals surface area contributed by atoms with E-state index < -0.39 is 0 Å². The summed E-state index contributed by atoms with van der Waals surface area (Å²) in [4.78, 5) is 14.3. The van der Waals surface area contributed by atoms with Crippen molar-refractivity contribution in [2.24, 2.45) is 0 Å². The van der Waals surface area contributed by atoms with Crippen LogP contribution in [0.25, 0.3) is 0 Å². The summed E-state index contributed by atoms with van der Waals surface area (Å²) in [5, 5.41) is 4.41. The van der Waals surface area contributed by atoms with E-state index in [-0.39, 0.29) is 11.8 Å². The molecule has 0 aliphatic carbocycles. The van der Waals surface area contributed by atoms with Gasteiger partial charge < -0.3 is 14.1 Å². The summed E-state index contributed by atoms with van der Waals surface area (Å²) in [6.07, 6.45) is 3.37. The molecule has 0 saturated carbocycles. The molecule has 1 aliphatic heterocycles. The van der Waals surface area contributed by atoms with Crippen LogP contribution >= 0.6 is 0 Å². The highest BCUT2D eigenvalue weighted by molar-refractivity contribution is 5.91. The number of rotatable bonds is 4. The molecular weight excluding hydrogens is 270 g/mol. The minimum Gasteiger partial charge on any atom is -0.459 e. The average Bonchev–Trinajstić information content (AvgIpc) is 3.16. The number of carbonyl (C=O) groups is 1. The van der Waals surface area contributed by atoms with Gasteiger partial charge in [-0.05, 0) is 19.1 Å². The van der Waals surface area contributed by atoms with Crippen LogP contribution in [-0.4, -0.2) is 40.8 Å². The number of nitrogens with zero attached hydrogens (tertiary/aromatic N) is 3. The van der Waals surface area contributed by atoms with Crippen LogP contribution in [0, 0.1) is 0 Å². The van der Waals surface area contributed by atoms with Crippen LogP contribution in [0.1, 0.15) is 34.7 Å². The second-order valence-corrected chi connectivity index (χ2v) is 5.19. The summed E-state index contributed by atoms with van der Waals surface area (Å²) in [5.41, 5.74) is 2.27. The van der Waals surface area contributed by atoms with Crippen molar-refractivity contribution in [3.05, 3.63) is 41.6 Å². The number of hydrogen-bond acceptors (Lipinski definition) is 4. The van der Waals surface area contributed by atoms with Gasteiger partial charge in [-0.1, -0.05) is 0 Å². The summed E-state index contributed by atoms with van der Waals surface area (Å²) < 4.78 is 12.5. The zero-order chi connectivity index (χ0) is 14.8. The Morgan fingerprint density at radius 2 is 2.43 bits per heavy atom. The predicted molar refractivity (Wildman–Crippen MR) is 76.0 cm³/mol. The minimum atomic E-state index is -0.0870. The summed E-state index contributed by atoms with van der Waals surface area (Å²) in [5.74, 6) is 0.425. The number of aromatic nitrogens is 2. The van der Waals surface area contributed by atoms with E-state index in [4.69, 9.17) is 9.15 Å².